The molecular weight excluding hydrogens is 312 g/mol. The Morgan fingerprint density at radius 1 is 1.04 bits per heavy atom. The van der Waals surface area contributed by atoms with Crippen molar-refractivity contribution in [1.82, 2.24) is 10.2 Å². The van der Waals surface area contributed by atoms with E-state index in [1.807, 2.05) is 24.3 Å². The minimum Gasteiger partial charge on any atom is -0.480 e. The summed E-state index contributed by atoms with van der Waals surface area (Å²) in [6.07, 6.45) is 2.30. The lowest BCUT2D eigenvalue weighted by atomic mass is 10.0. The van der Waals surface area contributed by atoms with Crippen LogP contribution in [-0.2, 0) is 17.8 Å². The van der Waals surface area contributed by atoms with E-state index in [1.54, 1.807) is 0 Å². The summed E-state index contributed by atoms with van der Waals surface area (Å²) in [5, 5.41) is 3.19. The number of amides is 1. The normalized spacial score (nSPS) is 20.7. The average molecular weight is 336 g/mol. The van der Waals surface area contributed by atoms with Gasteiger partial charge in [-0.2, -0.15) is 0 Å². The number of carbonyl (C=O) groups excluding carboxylic acids is 1. The summed E-state index contributed by atoms with van der Waals surface area (Å²) in [5.74, 6) is 0.873. The maximum atomic E-state index is 12.5. The van der Waals surface area contributed by atoms with Crippen LogP contribution in [0.1, 0.15) is 24.0 Å². The highest BCUT2D eigenvalue weighted by atomic mass is 16.5. The molecule has 1 unspecified atom stereocenters. The molecule has 2 aliphatic rings. The van der Waals surface area contributed by atoms with Crippen LogP contribution in [0, 0.1) is 0 Å². The molecule has 0 aliphatic carbocycles. The molecule has 2 heterocycles. The van der Waals surface area contributed by atoms with Gasteiger partial charge >= 0.3 is 0 Å². The Morgan fingerprint density at radius 2 is 1.76 bits per heavy atom. The summed E-state index contributed by atoms with van der Waals surface area (Å²) >= 11 is 0. The highest BCUT2D eigenvalue weighted by Gasteiger charge is 2.30. The number of benzene rings is 2. The molecule has 0 spiro atoms. The Morgan fingerprint density at radius 3 is 2.52 bits per heavy atom. The lowest BCUT2D eigenvalue weighted by Gasteiger charge is -2.32. The number of hydrogen-bond acceptors (Lipinski definition) is 3. The van der Waals surface area contributed by atoms with E-state index in [9.17, 15) is 4.79 Å². The molecule has 0 radical (unpaired) electrons. The Bertz CT molecular complexity index is 699. The standard InChI is InChI=1S/C21H24N2O2/c24-21(20-14-17-8-4-5-9-19(17)25-20)22-18-10-12-23(13-11-18)15-16-6-2-1-3-7-16/h1-9,18,20H,10-15H2,(H,22,24). The van der Waals surface area contributed by atoms with Crippen molar-refractivity contribution in [2.45, 2.75) is 38.0 Å². The van der Waals surface area contributed by atoms with Gasteiger partial charge < -0.3 is 10.1 Å². The Hall–Kier alpha value is -2.33. The fourth-order valence-corrected chi connectivity index (χ4v) is 3.70. The number of piperidine rings is 1. The topological polar surface area (TPSA) is 41.6 Å². The number of ether oxygens (including phenoxy) is 1. The molecule has 0 saturated carbocycles. The zero-order valence-corrected chi connectivity index (χ0v) is 14.4. The molecule has 4 rings (SSSR count). The molecule has 0 bridgehead atoms. The summed E-state index contributed by atoms with van der Waals surface area (Å²) in [4.78, 5) is 15.0. The highest BCUT2D eigenvalue weighted by molar-refractivity contribution is 5.82. The number of rotatable bonds is 4. The first-order chi connectivity index (χ1) is 12.3. The van der Waals surface area contributed by atoms with Crippen LogP contribution < -0.4 is 10.1 Å². The van der Waals surface area contributed by atoms with E-state index in [0.29, 0.717) is 6.42 Å². The van der Waals surface area contributed by atoms with Gasteiger partial charge in [0.1, 0.15) is 5.75 Å². The van der Waals surface area contributed by atoms with Crippen LogP contribution in [0.3, 0.4) is 0 Å². The molecule has 1 saturated heterocycles. The average Bonchev–Trinajstić information content (AvgIpc) is 3.09. The molecule has 1 fully saturated rings. The number of likely N-dealkylation sites (tertiary alicyclic amines) is 1. The number of nitrogens with zero attached hydrogens (tertiary/aromatic N) is 1. The van der Waals surface area contributed by atoms with Gasteiger partial charge in [-0.3, -0.25) is 9.69 Å². The molecule has 25 heavy (non-hydrogen) atoms. The fraction of sp³-hybridized carbons (Fsp3) is 0.381. The van der Waals surface area contributed by atoms with Crippen molar-refractivity contribution in [1.29, 1.82) is 0 Å². The lowest BCUT2D eigenvalue weighted by molar-refractivity contribution is -0.128. The number of carbonyl (C=O) groups is 1. The Labute approximate surface area is 148 Å². The maximum absolute atomic E-state index is 12.5. The Balaban J connectivity index is 1.24. The third-order valence-electron chi connectivity index (χ3n) is 5.12. The lowest BCUT2D eigenvalue weighted by Crippen LogP contribution is -2.48. The first kappa shape index (κ1) is 16.2. The predicted molar refractivity (Wildman–Crippen MR) is 97.4 cm³/mol. The summed E-state index contributed by atoms with van der Waals surface area (Å²) in [5.41, 5.74) is 2.47. The summed E-state index contributed by atoms with van der Waals surface area (Å²) in [7, 11) is 0. The Kier molecular flexibility index (Phi) is 4.70. The van der Waals surface area contributed by atoms with Crippen molar-refractivity contribution >= 4 is 5.91 Å². The van der Waals surface area contributed by atoms with Crippen LogP contribution in [0.4, 0.5) is 0 Å². The first-order valence-corrected chi connectivity index (χ1v) is 9.09. The van der Waals surface area contributed by atoms with Crippen molar-refractivity contribution in [3.63, 3.8) is 0 Å². The summed E-state index contributed by atoms with van der Waals surface area (Å²) < 4.78 is 5.79. The van der Waals surface area contributed by atoms with Gasteiger partial charge in [-0.05, 0) is 30.0 Å². The van der Waals surface area contributed by atoms with Crippen molar-refractivity contribution in [3.05, 3.63) is 65.7 Å². The quantitative estimate of drug-likeness (QED) is 0.933. The van der Waals surface area contributed by atoms with Crippen LogP contribution in [-0.4, -0.2) is 36.0 Å². The molecule has 2 aromatic rings. The van der Waals surface area contributed by atoms with Crippen molar-refractivity contribution in [2.24, 2.45) is 0 Å². The third-order valence-corrected chi connectivity index (χ3v) is 5.12. The second-order valence-electron chi connectivity index (χ2n) is 6.96. The van der Waals surface area contributed by atoms with Gasteiger partial charge in [-0.15, -0.1) is 0 Å². The van der Waals surface area contributed by atoms with Crippen LogP contribution in [0.25, 0.3) is 0 Å². The number of hydrogen-bond donors (Lipinski definition) is 1. The van der Waals surface area contributed by atoms with E-state index < -0.39 is 0 Å². The van der Waals surface area contributed by atoms with Gasteiger partial charge in [0.25, 0.3) is 5.91 Å². The minimum atomic E-state index is -0.375. The summed E-state index contributed by atoms with van der Waals surface area (Å²) in [6.45, 7) is 3.03. The monoisotopic (exact) mass is 336 g/mol. The van der Waals surface area contributed by atoms with Gasteiger partial charge in [0.05, 0.1) is 0 Å². The van der Waals surface area contributed by atoms with Gasteiger partial charge in [0.15, 0.2) is 6.10 Å². The van der Waals surface area contributed by atoms with Crippen molar-refractivity contribution in [3.8, 4) is 5.75 Å². The molecule has 130 valence electrons. The minimum absolute atomic E-state index is 0.0257. The van der Waals surface area contributed by atoms with E-state index in [1.165, 1.54) is 5.56 Å². The fourth-order valence-electron chi connectivity index (χ4n) is 3.70. The molecule has 2 aliphatic heterocycles. The van der Waals surface area contributed by atoms with E-state index in [2.05, 4.69) is 40.5 Å². The third kappa shape index (κ3) is 3.85. The largest absolute Gasteiger partial charge is 0.480 e. The first-order valence-electron chi connectivity index (χ1n) is 9.09. The molecule has 1 N–H and O–H groups in total. The predicted octanol–water partition coefficient (Wildman–Crippen LogP) is 2.77. The number of fused-ring (bicyclic) bond motifs is 1. The zero-order valence-electron chi connectivity index (χ0n) is 14.4. The zero-order chi connectivity index (χ0) is 17.1. The molecule has 4 nitrogen and oxygen atoms in total. The van der Waals surface area contributed by atoms with Crippen LogP contribution in [0.2, 0.25) is 0 Å². The molecule has 1 atom stereocenters. The van der Waals surface area contributed by atoms with Crippen LogP contribution in [0.5, 0.6) is 5.75 Å². The molecule has 2 aromatic carbocycles. The van der Waals surface area contributed by atoms with Gasteiger partial charge in [0.2, 0.25) is 0 Å². The SMILES string of the molecule is O=C(NC1CCN(Cc2ccccc2)CC1)C1Cc2ccccc2O1. The van der Waals surface area contributed by atoms with Crippen molar-refractivity contribution in [2.75, 3.05) is 13.1 Å². The van der Waals surface area contributed by atoms with E-state index in [-0.39, 0.29) is 18.1 Å². The number of para-hydroxylation sites is 1. The molecule has 4 heteroatoms. The molecule has 0 aromatic heterocycles. The molecule has 1 amide bonds. The van der Waals surface area contributed by atoms with E-state index in [0.717, 1.165) is 43.8 Å². The van der Waals surface area contributed by atoms with E-state index >= 15 is 0 Å². The maximum Gasteiger partial charge on any atom is 0.261 e. The van der Waals surface area contributed by atoms with Gasteiger partial charge in [0, 0.05) is 32.1 Å². The van der Waals surface area contributed by atoms with Crippen molar-refractivity contribution < 1.29 is 9.53 Å². The van der Waals surface area contributed by atoms with E-state index in [4.69, 9.17) is 4.74 Å². The van der Waals surface area contributed by atoms with Crippen LogP contribution >= 0.6 is 0 Å². The van der Waals surface area contributed by atoms with Crippen LogP contribution in [0.15, 0.2) is 54.6 Å². The van der Waals surface area contributed by atoms with Gasteiger partial charge in [-0.1, -0.05) is 48.5 Å². The smallest absolute Gasteiger partial charge is 0.261 e. The summed E-state index contributed by atoms with van der Waals surface area (Å²) in [6, 6.07) is 18.7. The van der Waals surface area contributed by atoms with Gasteiger partial charge in [-0.25, -0.2) is 0 Å². The number of nitrogens with one attached hydrogen (secondary N) is 1. The second kappa shape index (κ2) is 7.28. The molecular formula is C21H24N2O2. The highest BCUT2D eigenvalue weighted by Crippen LogP contribution is 2.28. The second-order valence-corrected chi connectivity index (χ2v) is 6.96.